The standard InChI is InChI=1S/C25H20F3N3O5S/c1-37(34,35)15-6-4-5-14(9-15)17-10-20-19(11-18(17)26)29-23-13-30(25(32)33)12-21(31(20)23)16-7-2-3-8-22(16)36-24(27)28/h2-11,21,24H,12-13H2,1H3,(H,32,33)/t21-/m0/s1. The number of imidazole rings is 1. The zero-order valence-electron chi connectivity index (χ0n) is 19.3. The minimum atomic E-state index is -3.54. The number of para-hydroxylation sites is 1. The molecule has 0 unspecified atom stereocenters. The summed E-state index contributed by atoms with van der Waals surface area (Å²) < 4.78 is 71.9. The highest BCUT2D eigenvalue weighted by molar-refractivity contribution is 7.90. The fourth-order valence-corrected chi connectivity index (χ4v) is 5.28. The van der Waals surface area contributed by atoms with Crippen molar-refractivity contribution in [2.45, 2.75) is 24.1 Å². The van der Waals surface area contributed by atoms with Crippen LogP contribution in [0.25, 0.3) is 22.2 Å². The fraction of sp³-hybridized carbons (Fsp3) is 0.200. The summed E-state index contributed by atoms with van der Waals surface area (Å²) in [5.41, 5.74) is 1.40. The average molecular weight is 532 g/mol. The van der Waals surface area contributed by atoms with Crippen molar-refractivity contribution in [1.82, 2.24) is 14.5 Å². The Labute approximate surface area is 209 Å². The Morgan fingerprint density at radius 2 is 1.89 bits per heavy atom. The molecular weight excluding hydrogens is 511 g/mol. The number of halogens is 3. The minimum Gasteiger partial charge on any atom is -0.465 e. The number of hydrogen-bond donors (Lipinski definition) is 1. The van der Waals surface area contributed by atoms with Gasteiger partial charge in [0.2, 0.25) is 0 Å². The number of alkyl halides is 2. The maximum absolute atomic E-state index is 15.2. The SMILES string of the molecule is CS(=O)(=O)c1cccc(-c2cc3c(cc2F)nc2n3[C@H](c3ccccc3OC(F)F)CN(C(=O)O)C2)c1. The van der Waals surface area contributed by atoms with Gasteiger partial charge >= 0.3 is 12.7 Å². The summed E-state index contributed by atoms with van der Waals surface area (Å²) in [7, 11) is -3.54. The van der Waals surface area contributed by atoms with E-state index in [1.807, 2.05) is 0 Å². The molecule has 1 N–H and O–H groups in total. The second-order valence-electron chi connectivity index (χ2n) is 8.61. The smallest absolute Gasteiger partial charge is 0.407 e. The normalized spacial score (nSPS) is 15.7. The van der Waals surface area contributed by atoms with Crippen LogP contribution in [0, 0.1) is 5.82 Å². The van der Waals surface area contributed by atoms with Gasteiger partial charge in [0.05, 0.1) is 28.5 Å². The van der Waals surface area contributed by atoms with Crippen LogP contribution in [0.5, 0.6) is 5.75 Å². The van der Waals surface area contributed by atoms with Crippen LogP contribution in [0.4, 0.5) is 18.0 Å². The number of aromatic nitrogens is 2. The number of fused-ring (bicyclic) bond motifs is 3. The molecule has 8 nitrogen and oxygen atoms in total. The molecule has 5 rings (SSSR count). The third-order valence-corrected chi connectivity index (χ3v) is 7.34. The lowest BCUT2D eigenvalue weighted by Gasteiger charge is -2.34. The molecule has 0 aliphatic carbocycles. The highest BCUT2D eigenvalue weighted by atomic mass is 32.2. The van der Waals surface area contributed by atoms with E-state index in [1.54, 1.807) is 22.8 Å². The monoisotopic (exact) mass is 531 g/mol. The number of rotatable bonds is 5. The van der Waals surface area contributed by atoms with Crippen LogP contribution in [-0.4, -0.2) is 53.5 Å². The molecule has 0 spiro atoms. The predicted octanol–water partition coefficient (Wildman–Crippen LogP) is 4.93. The van der Waals surface area contributed by atoms with Crippen LogP contribution < -0.4 is 4.74 Å². The van der Waals surface area contributed by atoms with Crippen molar-refractivity contribution in [3.8, 4) is 16.9 Å². The molecule has 0 fully saturated rings. The summed E-state index contributed by atoms with van der Waals surface area (Å²) in [6.45, 7) is -3.28. The van der Waals surface area contributed by atoms with Crippen LogP contribution >= 0.6 is 0 Å². The lowest BCUT2D eigenvalue weighted by molar-refractivity contribution is -0.0508. The third kappa shape index (κ3) is 4.59. The molecule has 12 heteroatoms. The average Bonchev–Trinajstić information content (AvgIpc) is 3.19. The maximum Gasteiger partial charge on any atom is 0.407 e. The van der Waals surface area contributed by atoms with Gasteiger partial charge in [-0.25, -0.2) is 22.6 Å². The van der Waals surface area contributed by atoms with Gasteiger partial charge in [0.1, 0.15) is 17.4 Å². The van der Waals surface area contributed by atoms with Crippen LogP contribution in [0.15, 0.2) is 65.6 Å². The Kier molecular flexibility index (Phi) is 6.06. The summed E-state index contributed by atoms with van der Waals surface area (Å²) in [6.07, 6.45) is -0.170. The lowest BCUT2D eigenvalue weighted by atomic mass is 10.0. The van der Waals surface area contributed by atoms with Crippen LogP contribution in [0.3, 0.4) is 0 Å². The first kappa shape index (κ1) is 24.6. The molecule has 0 bridgehead atoms. The lowest BCUT2D eigenvalue weighted by Crippen LogP contribution is -2.41. The number of carbonyl (C=O) groups is 1. The van der Waals surface area contributed by atoms with Crippen LogP contribution in [0.2, 0.25) is 0 Å². The first-order valence-electron chi connectivity index (χ1n) is 11.1. The van der Waals surface area contributed by atoms with E-state index in [0.29, 0.717) is 22.5 Å². The van der Waals surface area contributed by atoms with Crippen molar-refractivity contribution in [2.24, 2.45) is 0 Å². The van der Waals surface area contributed by atoms with E-state index in [1.165, 1.54) is 42.5 Å². The number of ether oxygens (including phenoxy) is 1. The summed E-state index contributed by atoms with van der Waals surface area (Å²) in [5.74, 6) is -0.477. The van der Waals surface area contributed by atoms with Gasteiger partial charge in [-0.15, -0.1) is 0 Å². The van der Waals surface area contributed by atoms with Gasteiger partial charge in [-0.3, -0.25) is 4.90 Å². The van der Waals surface area contributed by atoms with Crippen molar-refractivity contribution in [3.05, 3.63) is 77.9 Å². The highest BCUT2D eigenvalue weighted by Gasteiger charge is 2.34. The van der Waals surface area contributed by atoms with Crippen molar-refractivity contribution < 1.29 is 36.2 Å². The van der Waals surface area contributed by atoms with E-state index in [0.717, 1.165) is 11.2 Å². The second kappa shape index (κ2) is 9.11. The van der Waals surface area contributed by atoms with Crippen LogP contribution in [0.1, 0.15) is 17.4 Å². The van der Waals surface area contributed by atoms with E-state index in [9.17, 15) is 27.1 Å². The molecule has 0 saturated carbocycles. The Balaban J connectivity index is 1.73. The van der Waals surface area contributed by atoms with Crippen molar-refractivity contribution in [3.63, 3.8) is 0 Å². The van der Waals surface area contributed by atoms with Gasteiger partial charge in [0, 0.05) is 30.0 Å². The summed E-state index contributed by atoms with van der Waals surface area (Å²) in [5, 5.41) is 9.68. The zero-order chi connectivity index (χ0) is 26.5. The van der Waals surface area contributed by atoms with Gasteiger partial charge in [0.15, 0.2) is 9.84 Å². The second-order valence-corrected chi connectivity index (χ2v) is 10.6. The molecule has 2 heterocycles. The Morgan fingerprint density at radius 3 is 2.59 bits per heavy atom. The van der Waals surface area contributed by atoms with Gasteiger partial charge in [0.25, 0.3) is 0 Å². The third-order valence-electron chi connectivity index (χ3n) is 6.23. The Hall–Kier alpha value is -4.06. The molecule has 1 aliphatic heterocycles. The topological polar surface area (TPSA) is 102 Å². The first-order chi connectivity index (χ1) is 17.5. The first-order valence-corrected chi connectivity index (χ1v) is 12.9. The predicted molar refractivity (Wildman–Crippen MR) is 128 cm³/mol. The fourth-order valence-electron chi connectivity index (χ4n) is 4.61. The van der Waals surface area contributed by atoms with Crippen molar-refractivity contribution >= 4 is 27.0 Å². The molecule has 3 aromatic carbocycles. The van der Waals surface area contributed by atoms with E-state index >= 15 is 4.39 Å². The van der Waals surface area contributed by atoms with E-state index in [2.05, 4.69) is 4.98 Å². The molecular formula is C25H20F3N3O5S. The van der Waals surface area contributed by atoms with E-state index < -0.39 is 34.4 Å². The molecule has 1 aliphatic rings. The summed E-state index contributed by atoms with van der Waals surface area (Å²) in [4.78, 5) is 17.4. The van der Waals surface area contributed by atoms with Crippen LogP contribution in [-0.2, 0) is 16.4 Å². The summed E-state index contributed by atoms with van der Waals surface area (Å²) >= 11 is 0. The number of sulfone groups is 1. The number of amides is 1. The van der Waals surface area contributed by atoms with Gasteiger partial charge in [-0.1, -0.05) is 30.3 Å². The molecule has 1 amide bonds. The largest absolute Gasteiger partial charge is 0.465 e. The maximum atomic E-state index is 15.2. The van der Waals surface area contributed by atoms with Gasteiger partial charge in [-0.2, -0.15) is 8.78 Å². The van der Waals surface area contributed by atoms with E-state index in [-0.39, 0.29) is 34.8 Å². The van der Waals surface area contributed by atoms with Crippen molar-refractivity contribution in [2.75, 3.05) is 12.8 Å². The molecule has 0 radical (unpaired) electrons. The quantitative estimate of drug-likeness (QED) is 0.392. The number of carboxylic acid groups (broad SMARTS) is 1. The number of nitrogens with zero attached hydrogens (tertiary/aromatic N) is 3. The number of hydrogen-bond acceptors (Lipinski definition) is 5. The molecule has 4 aromatic rings. The molecule has 1 atom stereocenters. The Bertz CT molecular complexity index is 1640. The summed E-state index contributed by atoms with van der Waals surface area (Å²) in [6, 6.07) is 13.8. The van der Waals surface area contributed by atoms with E-state index in [4.69, 9.17) is 4.74 Å². The molecule has 192 valence electrons. The zero-order valence-corrected chi connectivity index (χ0v) is 20.1. The number of benzene rings is 3. The highest BCUT2D eigenvalue weighted by Crippen LogP contribution is 2.38. The van der Waals surface area contributed by atoms with Gasteiger partial charge in [-0.05, 0) is 29.8 Å². The Morgan fingerprint density at radius 1 is 1.14 bits per heavy atom. The molecule has 1 aromatic heterocycles. The van der Waals surface area contributed by atoms with Crippen molar-refractivity contribution in [1.29, 1.82) is 0 Å². The molecule has 0 saturated heterocycles. The van der Waals surface area contributed by atoms with Gasteiger partial charge < -0.3 is 14.4 Å². The minimum absolute atomic E-state index is 0.0212. The molecule has 37 heavy (non-hydrogen) atoms.